The highest BCUT2D eigenvalue weighted by Gasteiger charge is 1.80. The van der Waals surface area contributed by atoms with Gasteiger partial charge in [-0.05, 0) is 12.3 Å². The predicted molar refractivity (Wildman–Crippen MR) is 47.5 cm³/mol. The van der Waals surface area contributed by atoms with Crippen molar-refractivity contribution < 1.29 is 0 Å². The van der Waals surface area contributed by atoms with Crippen molar-refractivity contribution in [2.24, 2.45) is 5.92 Å². The molecule has 0 spiro atoms. The van der Waals surface area contributed by atoms with Gasteiger partial charge in [0.25, 0.3) is 0 Å². The van der Waals surface area contributed by atoms with Crippen LogP contribution in [0.4, 0.5) is 0 Å². The molecule has 48 valence electrons. The molecule has 0 heterocycles. The molecule has 0 rings (SSSR count). The average molecular weight is 224 g/mol. The molecule has 0 unspecified atom stereocenters. The van der Waals surface area contributed by atoms with Crippen molar-refractivity contribution in [3.63, 3.8) is 0 Å². The van der Waals surface area contributed by atoms with Gasteiger partial charge in [0.05, 0.1) is 0 Å². The van der Waals surface area contributed by atoms with E-state index < -0.39 is 0 Å². The Bertz CT molecular complexity index is 64.8. The Morgan fingerprint density at radius 1 is 1.50 bits per heavy atom. The van der Waals surface area contributed by atoms with Gasteiger partial charge in [0, 0.05) is 4.43 Å². The Balaban J connectivity index is 3.07. The van der Waals surface area contributed by atoms with Crippen LogP contribution in [0, 0.1) is 5.92 Å². The molecule has 0 aliphatic carbocycles. The molecular formula is C7H13I. The molecule has 0 aromatic rings. The van der Waals surface area contributed by atoms with E-state index in [2.05, 4.69) is 48.6 Å². The smallest absolute Gasteiger partial charge is 0.00299 e. The van der Waals surface area contributed by atoms with Gasteiger partial charge in [-0.25, -0.2) is 0 Å². The normalized spacial score (nSPS) is 11.5. The van der Waals surface area contributed by atoms with Crippen LogP contribution in [-0.4, -0.2) is 4.43 Å². The molecule has 0 amide bonds. The summed E-state index contributed by atoms with van der Waals surface area (Å²) in [5.74, 6) is 0.720. The second kappa shape index (κ2) is 5.60. The van der Waals surface area contributed by atoms with Crippen LogP contribution in [0.3, 0.4) is 0 Å². The Hall–Kier alpha value is 0.470. The van der Waals surface area contributed by atoms with Gasteiger partial charge in [-0.3, -0.25) is 0 Å². The fraction of sp³-hybridized carbons (Fsp3) is 0.714. The quantitative estimate of drug-likeness (QED) is 0.392. The second-order valence-electron chi connectivity index (χ2n) is 2.15. The average Bonchev–Trinajstić information content (AvgIpc) is 1.66. The molecule has 0 aliphatic heterocycles. The van der Waals surface area contributed by atoms with Gasteiger partial charge in [0.15, 0.2) is 0 Å². The van der Waals surface area contributed by atoms with Gasteiger partial charge in [0.2, 0.25) is 0 Å². The number of halogens is 1. The molecule has 0 N–H and O–H groups in total. The van der Waals surface area contributed by atoms with Crippen LogP contribution < -0.4 is 0 Å². The van der Waals surface area contributed by atoms with E-state index >= 15 is 0 Å². The third kappa shape index (κ3) is 6.47. The summed E-state index contributed by atoms with van der Waals surface area (Å²) in [5.41, 5.74) is 0. The summed E-state index contributed by atoms with van der Waals surface area (Å²) >= 11 is 2.38. The number of rotatable bonds is 3. The SMILES string of the molecule is CC(C)/C=C\CCI. The minimum Gasteiger partial charge on any atom is -0.0875 e. The van der Waals surface area contributed by atoms with Gasteiger partial charge in [-0.15, -0.1) is 0 Å². The van der Waals surface area contributed by atoms with E-state index in [0.29, 0.717) is 0 Å². The highest BCUT2D eigenvalue weighted by Crippen LogP contribution is 1.96. The summed E-state index contributed by atoms with van der Waals surface area (Å²) in [7, 11) is 0. The summed E-state index contributed by atoms with van der Waals surface area (Å²) in [6.45, 7) is 4.40. The van der Waals surface area contributed by atoms with E-state index in [1.54, 1.807) is 0 Å². The molecule has 0 aliphatic rings. The van der Waals surface area contributed by atoms with Crippen molar-refractivity contribution in [1.29, 1.82) is 0 Å². The first-order valence-corrected chi connectivity index (χ1v) is 4.52. The van der Waals surface area contributed by atoms with Crippen molar-refractivity contribution in [3.05, 3.63) is 12.2 Å². The van der Waals surface area contributed by atoms with Crippen LogP contribution in [0.2, 0.25) is 0 Å². The van der Waals surface area contributed by atoms with E-state index in [1.807, 2.05) is 0 Å². The minimum absolute atomic E-state index is 0.720. The monoisotopic (exact) mass is 224 g/mol. The third-order valence-corrected chi connectivity index (χ3v) is 1.42. The van der Waals surface area contributed by atoms with Gasteiger partial charge in [0.1, 0.15) is 0 Å². The van der Waals surface area contributed by atoms with Crippen molar-refractivity contribution in [2.75, 3.05) is 4.43 Å². The lowest BCUT2D eigenvalue weighted by Gasteiger charge is -1.90. The molecule has 0 atom stereocenters. The van der Waals surface area contributed by atoms with Crippen LogP contribution in [0.1, 0.15) is 20.3 Å². The first kappa shape index (κ1) is 8.47. The first-order chi connectivity index (χ1) is 3.77. The lowest BCUT2D eigenvalue weighted by Crippen LogP contribution is -1.76. The van der Waals surface area contributed by atoms with Gasteiger partial charge in [-0.1, -0.05) is 48.6 Å². The zero-order valence-electron chi connectivity index (χ0n) is 5.52. The Morgan fingerprint density at radius 2 is 2.12 bits per heavy atom. The van der Waals surface area contributed by atoms with Gasteiger partial charge < -0.3 is 0 Å². The number of alkyl halides is 1. The van der Waals surface area contributed by atoms with Crippen molar-refractivity contribution in [1.82, 2.24) is 0 Å². The Morgan fingerprint density at radius 3 is 2.50 bits per heavy atom. The Kier molecular flexibility index (Phi) is 5.93. The van der Waals surface area contributed by atoms with Crippen molar-refractivity contribution in [3.8, 4) is 0 Å². The lowest BCUT2D eigenvalue weighted by molar-refractivity contribution is 0.827. The topological polar surface area (TPSA) is 0 Å². The summed E-state index contributed by atoms with van der Waals surface area (Å²) in [4.78, 5) is 0. The van der Waals surface area contributed by atoms with E-state index in [0.717, 1.165) is 5.92 Å². The maximum atomic E-state index is 2.38. The largest absolute Gasteiger partial charge is 0.0875 e. The highest BCUT2D eigenvalue weighted by atomic mass is 127. The van der Waals surface area contributed by atoms with E-state index in [-0.39, 0.29) is 0 Å². The van der Waals surface area contributed by atoms with Crippen LogP contribution in [0.15, 0.2) is 12.2 Å². The van der Waals surface area contributed by atoms with Crippen LogP contribution in [0.5, 0.6) is 0 Å². The second-order valence-corrected chi connectivity index (χ2v) is 3.23. The molecule has 0 saturated heterocycles. The van der Waals surface area contributed by atoms with Crippen LogP contribution in [0.25, 0.3) is 0 Å². The fourth-order valence-corrected chi connectivity index (χ4v) is 0.791. The molecule has 0 aromatic carbocycles. The zero-order valence-corrected chi connectivity index (χ0v) is 7.68. The standard InChI is InChI=1S/C7H13I/c1-7(2)5-3-4-6-8/h3,5,7H,4,6H2,1-2H3/b5-3-. The van der Waals surface area contributed by atoms with Crippen LogP contribution >= 0.6 is 22.6 Å². The zero-order chi connectivity index (χ0) is 6.41. The maximum absolute atomic E-state index is 2.38. The fourth-order valence-electron chi connectivity index (χ4n) is 0.431. The van der Waals surface area contributed by atoms with Crippen molar-refractivity contribution in [2.45, 2.75) is 20.3 Å². The van der Waals surface area contributed by atoms with E-state index in [4.69, 9.17) is 0 Å². The molecule has 0 aromatic heterocycles. The number of allylic oxidation sites excluding steroid dienone is 2. The van der Waals surface area contributed by atoms with Crippen molar-refractivity contribution >= 4 is 22.6 Å². The molecule has 8 heavy (non-hydrogen) atoms. The first-order valence-electron chi connectivity index (χ1n) is 3.00. The summed E-state index contributed by atoms with van der Waals surface area (Å²) in [6, 6.07) is 0. The van der Waals surface area contributed by atoms with E-state index in [1.165, 1.54) is 10.8 Å². The van der Waals surface area contributed by atoms with E-state index in [9.17, 15) is 0 Å². The molecule has 1 heteroatoms. The molecular weight excluding hydrogens is 211 g/mol. The molecule has 0 radical (unpaired) electrons. The summed E-state index contributed by atoms with van der Waals surface area (Å²) < 4.78 is 1.24. The predicted octanol–water partition coefficient (Wildman–Crippen LogP) is 3.02. The molecule has 0 nitrogen and oxygen atoms in total. The molecule has 0 fully saturated rings. The molecule has 0 saturated carbocycles. The third-order valence-electron chi connectivity index (χ3n) is 0.797. The number of hydrogen-bond acceptors (Lipinski definition) is 0. The van der Waals surface area contributed by atoms with Gasteiger partial charge in [-0.2, -0.15) is 0 Å². The number of hydrogen-bond donors (Lipinski definition) is 0. The lowest BCUT2D eigenvalue weighted by atomic mass is 10.2. The minimum atomic E-state index is 0.720. The van der Waals surface area contributed by atoms with Gasteiger partial charge >= 0.3 is 0 Å². The van der Waals surface area contributed by atoms with Crippen LogP contribution in [-0.2, 0) is 0 Å². The Labute approximate surface area is 65.5 Å². The molecule has 0 bridgehead atoms. The summed E-state index contributed by atoms with van der Waals surface area (Å²) in [5, 5.41) is 0. The summed E-state index contributed by atoms with van der Waals surface area (Å²) in [6.07, 6.45) is 5.72. The maximum Gasteiger partial charge on any atom is 0.00299 e. The highest BCUT2D eigenvalue weighted by molar-refractivity contribution is 14.1.